The number of methoxy groups -OCH3 is 2. The lowest BCUT2D eigenvalue weighted by Gasteiger charge is -2.41. The minimum Gasteiger partial charge on any atom is -0.493 e. The summed E-state index contributed by atoms with van der Waals surface area (Å²) in [6.45, 7) is 4.74. The largest absolute Gasteiger partial charge is 0.493 e. The van der Waals surface area contributed by atoms with Gasteiger partial charge in [-0.2, -0.15) is 0 Å². The van der Waals surface area contributed by atoms with Gasteiger partial charge in [0.05, 0.1) is 31.8 Å². The van der Waals surface area contributed by atoms with Crippen LogP contribution in [-0.4, -0.2) is 43.5 Å². The summed E-state index contributed by atoms with van der Waals surface area (Å²) in [5, 5.41) is 0.607. The summed E-state index contributed by atoms with van der Waals surface area (Å²) in [6, 6.07) is 12.6. The van der Waals surface area contributed by atoms with E-state index in [0.29, 0.717) is 41.0 Å². The standard InChI is InChI=1S/C29H32ClNO5/c1-16-13-17(2)27-21(14-16)26(32)24-25(19-6-8-20(30)9-7-19)31(29(33)28(24)36-27)12-11-18-5-10-22(34-3)23(15-18)35-4/h5-10,15-17,21,25,27H,11-14H2,1-4H3. The summed E-state index contributed by atoms with van der Waals surface area (Å²) >= 11 is 6.16. The lowest BCUT2D eigenvalue weighted by Crippen LogP contribution is -2.45. The third-order valence-electron chi connectivity index (χ3n) is 7.80. The molecular formula is C29H32ClNO5. The zero-order chi connectivity index (χ0) is 25.6. The molecule has 5 atom stereocenters. The van der Waals surface area contributed by atoms with Crippen LogP contribution >= 0.6 is 11.6 Å². The molecule has 36 heavy (non-hydrogen) atoms. The first-order valence-corrected chi connectivity index (χ1v) is 12.9. The Labute approximate surface area is 217 Å². The number of rotatable bonds is 6. The van der Waals surface area contributed by atoms with Gasteiger partial charge < -0.3 is 19.1 Å². The van der Waals surface area contributed by atoms with Crippen molar-refractivity contribution in [2.45, 2.75) is 45.3 Å². The molecule has 5 rings (SSSR count). The molecule has 1 amide bonds. The SMILES string of the molecule is COc1ccc(CCN2C(=O)C3=C(C(=O)C4CC(C)CC(C)C4O3)C2c2ccc(Cl)cc2)cc1OC. The van der Waals surface area contributed by atoms with Gasteiger partial charge in [0.2, 0.25) is 0 Å². The molecule has 0 N–H and O–H groups in total. The number of fused-ring (bicyclic) bond motifs is 1. The van der Waals surface area contributed by atoms with E-state index in [4.69, 9.17) is 25.8 Å². The number of carbonyl (C=O) groups excluding carboxylic acids is 2. The third kappa shape index (κ3) is 4.26. The van der Waals surface area contributed by atoms with E-state index >= 15 is 0 Å². The Kier molecular flexibility index (Phi) is 6.73. The van der Waals surface area contributed by atoms with E-state index in [1.165, 1.54) is 0 Å². The highest BCUT2D eigenvalue weighted by molar-refractivity contribution is 6.30. The maximum absolute atomic E-state index is 13.9. The predicted molar refractivity (Wildman–Crippen MR) is 137 cm³/mol. The van der Waals surface area contributed by atoms with Crippen molar-refractivity contribution in [3.05, 3.63) is 69.9 Å². The van der Waals surface area contributed by atoms with Gasteiger partial charge in [-0.25, -0.2) is 0 Å². The molecule has 2 aromatic carbocycles. The molecular weight excluding hydrogens is 478 g/mol. The highest BCUT2D eigenvalue weighted by atomic mass is 35.5. The van der Waals surface area contributed by atoms with Crippen LogP contribution in [0.15, 0.2) is 53.8 Å². The normalized spacial score (nSPS) is 27.5. The van der Waals surface area contributed by atoms with Crippen LogP contribution in [0.1, 0.15) is 43.9 Å². The number of benzene rings is 2. The maximum Gasteiger partial charge on any atom is 0.290 e. The first-order chi connectivity index (χ1) is 17.3. The smallest absolute Gasteiger partial charge is 0.290 e. The van der Waals surface area contributed by atoms with Crippen LogP contribution in [0.3, 0.4) is 0 Å². The minimum atomic E-state index is -0.495. The molecule has 190 valence electrons. The number of hydrogen-bond donors (Lipinski definition) is 0. The fourth-order valence-electron chi connectivity index (χ4n) is 6.13. The molecule has 1 fully saturated rings. The van der Waals surface area contributed by atoms with Gasteiger partial charge >= 0.3 is 0 Å². The first-order valence-electron chi connectivity index (χ1n) is 12.5. The van der Waals surface area contributed by atoms with E-state index < -0.39 is 6.04 Å². The number of nitrogens with zero attached hydrogens (tertiary/aromatic N) is 1. The number of Topliss-reactive ketones (excluding diaryl/α,β-unsaturated/α-hetero) is 1. The fraction of sp³-hybridized carbons (Fsp3) is 0.448. The van der Waals surface area contributed by atoms with E-state index in [1.54, 1.807) is 31.3 Å². The molecule has 7 heteroatoms. The molecule has 0 spiro atoms. The Morgan fingerprint density at radius 2 is 1.72 bits per heavy atom. The van der Waals surface area contributed by atoms with E-state index in [-0.39, 0.29) is 35.4 Å². The van der Waals surface area contributed by atoms with Crippen LogP contribution in [0.5, 0.6) is 11.5 Å². The molecule has 2 heterocycles. The second kappa shape index (κ2) is 9.81. The molecule has 0 bridgehead atoms. The number of ether oxygens (including phenoxy) is 3. The Balaban J connectivity index is 1.49. The van der Waals surface area contributed by atoms with Crippen molar-refractivity contribution in [2.24, 2.45) is 17.8 Å². The lowest BCUT2D eigenvalue weighted by molar-refractivity contribution is -0.138. The van der Waals surface area contributed by atoms with Gasteiger partial charge in [-0.15, -0.1) is 0 Å². The Bertz CT molecular complexity index is 1210. The van der Waals surface area contributed by atoms with E-state index in [1.807, 2.05) is 30.3 Å². The highest BCUT2D eigenvalue weighted by Crippen LogP contribution is 2.49. The van der Waals surface area contributed by atoms with Crippen molar-refractivity contribution in [1.29, 1.82) is 0 Å². The summed E-state index contributed by atoms with van der Waals surface area (Å²) in [4.78, 5) is 29.4. The molecule has 0 radical (unpaired) electrons. The number of halogens is 1. The third-order valence-corrected chi connectivity index (χ3v) is 8.06. The van der Waals surface area contributed by atoms with Crippen LogP contribution in [0, 0.1) is 17.8 Å². The molecule has 0 aromatic heterocycles. The van der Waals surface area contributed by atoms with Crippen LogP contribution in [0.2, 0.25) is 5.02 Å². The Morgan fingerprint density at radius 1 is 1.00 bits per heavy atom. The fourth-order valence-corrected chi connectivity index (χ4v) is 6.26. The number of ketones is 1. The van der Waals surface area contributed by atoms with Gasteiger partial charge in [0, 0.05) is 11.6 Å². The monoisotopic (exact) mass is 509 g/mol. The second-order valence-corrected chi connectivity index (χ2v) is 10.7. The molecule has 5 unspecified atom stereocenters. The summed E-state index contributed by atoms with van der Waals surface area (Å²) in [5.74, 6) is 1.82. The zero-order valence-electron chi connectivity index (χ0n) is 21.1. The van der Waals surface area contributed by atoms with Crippen molar-refractivity contribution in [3.8, 4) is 11.5 Å². The van der Waals surface area contributed by atoms with E-state index in [2.05, 4.69) is 13.8 Å². The summed E-state index contributed by atoms with van der Waals surface area (Å²) in [7, 11) is 3.20. The van der Waals surface area contributed by atoms with Crippen molar-refractivity contribution in [1.82, 2.24) is 4.90 Å². The number of carbonyl (C=O) groups is 2. The van der Waals surface area contributed by atoms with Crippen LogP contribution in [-0.2, 0) is 20.7 Å². The topological polar surface area (TPSA) is 65.1 Å². The second-order valence-electron chi connectivity index (χ2n) is 10.2. The highest BCUT2D eigenvalue weighted by Gasteiger charge is 2.53. The van der Waals surface area contributed by atoms with Gasteiger partial charge in [0.25, 0.3) is 5.91 Å². The van der Waals surface area contributed by atoms with Crippen molar-refractivity contribution in [2.75, 3.05) is 20.8 Å². The lowest BCUT2D eigenvalue weighted by atomic mass is 9.70. The van der Waals surface area contributed by atoms with Crippen LogP contribution in [0.4, 0.5) is 0 Å². The van der Waals surface area contributed by atoms with Crippen molar-refractivity contribution in [3.63, 3.8) is 0 Å². The minimum absolute atomic E-state index is 0.0570. The quantitative estimate of drug-likeness (QED) is 0.522. The molecule has 2 aromatic rings. The summed E-state index contributed by atoms with van der Waals surface area (Å²) in [5.41, 5.74) is 2.36. The molecule has 1 saturated carbocycles. The number of hydrogen-bond acceptors (Lipinski definition) is 5. The van der Waals surface area contributed by atoms with Crippen LogP contribution in [0.25, 0.3) is 0 Å². The number of amides is 1. The van der Waals surface area contributed by atoms with Gasteiger partial charge in [-0.3, -0.25) is 9.59 Å². The van der Waals surface area contributed by atoms with Crippen LogP contribution < -0.4 is 9.47 Å². The van der Waals surface area contributed by atoms with Gasteiger partial charge in [0.15, 0.2) is 23.0 Å². The van der Waals surface area contributed by atoms with E-state index in [0.717, 1.165) is 24.0 Å². The molecule has 6 nitrogen and oxygen atoms in total. The summed E-state index contributed by atoms with van der Waals surface area (Å²) < 4.78 is 17.2. The van der Waals surface area contributed by atoms with Crippen molar-refractivity contribution >= 4 is 23.3 Å². The molecule has 2 aliphatic heterocycles. The molecule has 1 aliphatic carbocycles. The van der Waals surface area contributed by atoms with Crippen molar-refractivity contribution < 1.29 is 23.8 Å². The molecule has 0 saturated heterocycles. The Morgan fingerprint density at radius 3 is 2.42 bits per heavy atom. The summed E-state index contributed by atoms with van der Waals surface area (Å²) in [6.07, 6.45) is 2.13. The van der Waals surface area contributed by atoms with Gasteiger partial charge in [-0.05, 0) is 66.5 Å². The van der Waals surface area contributed by atoms with E-state index in [9.17, 15) is 9.59 Å². The van der Waals surface area contributed by atoms with Gasteiger partial charge in [-0.1, -0.05) is 43.6 Å². The molecule has 3 aliphatic rings. The Hall–Kier alpha value is -2.99. The van der Waals surface area contributed by atoms with Gasteiger partial charge in [0.1, 0.15) is 6.10 Å². The first kappa shape index (κ1) is 24.7. The average molecular weight is 510 g/mol. The predicted octanol–water partition coefficient (Wildman–Crippen LogP) is 5.39. The zero-order valence-corrected chi connectivity index (χ0v) is 21.9. The maximum atomic E-state index is 13.9. The average Bonchev–Trinajstić information content (AvgIpc) is 3.15.